The average molecular weight is 271 g/mol. The highest BCUT2D eigenvalue weighted by Gasteiger charge is 2.28. The fraction of sp³-hybridized carbons (Fsp3) is 0.353. The van der Waals surface area contributed by atoms with E-state index in [1.54, 1.807) is 18.2 Å². The smallest absolute Gasteiger partial charge is 0.254 e. The minimum absolute atomic E-state index is 0.0329. The van der Waals surface area contributed by atoms with Crippen molar-refractivity contribution >= 4 is 16.7 Å². The van der Waals surface area contributed by atoms with Crippen molar-refractivity contribution in [1.82, 2.24) is 4.90 Å². The number of carbonyl (C=O) groups is 1. The molecule has 0 spiro atoms. The highest BCUT2D eigenvalue weighted by molar-refractivity contribution is 6.07. The summed E-state index contributed by atoms with van der Waals surface area (Å²) < 4.78 is 13.8. The van der Waals surface area contributed by atoms with E-state index in [4.69, 9.17) is 0 Å². The zero-order chi connectivity index (χ0) is 14.1. The minimum Gasteiger partial charge on any atom is -0.336 e. The molecule has 2 aromatic rings. The van der Waals surface area contributed by atoms with Gasteiger partial charge in [0.25, 0.3) is 5.91 Å². The SMILES string of the molecule is CCC1CCCN1C(=O)c1ccc(F)c2ccccc12. The molecule has 0 saturated carbocycles. The lowest BCUT2D eigenvalue weighted by molar-refractivity contribution is 0.0735. The van der Waals surface area contributed by atoms with Crippen LogP contribution in [0.1, 0.15) is 36.5 Å². The number of hydrogen-bond donors (Lipinski definition) is 0. The normalized spacial score (nSPS) is 18.7. The summed E-state index contributed by atoms with van der Waals surface area (Å²) in [6, 6.07) is 10.5. The molecule has 3 heteroatoms. The summed E-state index contributed by atoms with van der Waals surface area (Å²) in [5.74, 6) is -0.240. The minimum atomic E-state index is -0.273. The molecular formula is C17H18FNO. The van der Waals surface area contributed by atoms with Gasteiger partial charge >= 0.3 is 0 Å². The molecule has 1 aliphatic heterocycles. The molecule has 1 saturated heterocycles. The van der Waals surface area contributed by atoms with E-state index in [0.29, 0.717) is 22.4 Å². The summed E-state index contributed by atoms with van der Waals surface area (Å²) in [6.07, 6.45) is 3.11. The van der Waals surface area contributed by atoms with Gasteiger partial charge in [0, 0.05) is 23.5 Å². The van der Waals surface area contributed by atoms with Crippen LogP contribution in [0.5, 0.6) is 0 Å². The molecule has 3 rings (SSSR count). The summed E-state index contributed by atoms with van der Waals surface area (Å²) in [4.78, 5) is 14.7. The van der Waals surface area contributed by atoms with Crippen LogP contribution >= 0.6 is 0 Å². The van der Waals surface area contributed by atoms with Crippen LogP contribution < -0.4 is 0 Å². The first-order chi connectivity index (χ1) is 9.72. The highest BCUT2D eigenvalue weighted by atomic mass is 19.1. The molecule has 1 heterocycles. The van der Waals surface area contributed by atoms with Crippen molar-refractivity contribution in [2.24, 2.45) is 0 Å². The maximum absolute atomic E-state index is 13.8. The molecule has 0 aliphatic carbocycles. The van der Waals surface area contributed by atoms with Gasteiger partial charge in [-0.15, -0.1) is 0 Å². The van der Waals surface area contributed by atoms with Crippen molar-refractivity contribution in [2.75, 3.05) is 6.54 Å². The molecule has 1 aliphatic rings. The Kier molecular flexibility index (Phi) is 3.43. The zero-order valence-corrected chi connectivity index (χ0v) is 11.6. The second-order valence-corrected chi connectivity index (χ2v) is 5.34. The Morgan fingerprint density at radius 1 is 1.25 bits per heavy atom. The first kappa shape index (κ1) is 13.1. The molecule has 2 nitrogen and oxygen atoms in total. The zero-order valence-electron chi connectivity index (χ0n) is 11.6. The van der Waals surface area contributed by atoms with Gasteiger partial charge in [0.1, 0.15) is 5.82 Å². The van der Waals surface area contributed by atoms with Crippen LogP contribution in [-0.2, 0) is 0 Å². The van der Waals surface area contributed by atoms with Crippen molar-refractivity contribution in [1.29, 1.82) is 0 Å². The second kappa shape index (κ2) is 5.23. The Morgan fingerprint density at radius 3 is 2.75 bits per heavy atom. The monoisotopic (exact) mass is 271 g/mol. The summed E-state index contributed by atoms with van der Waals surface area (Å²) in [5, 5.41) is 1.23. The molecule has 20 heavy (non-hydrogen) atoms. The van der Waals surface area contributed by atoms with Crippen LogP contribution in [0.15, 0.2) is 36.4 Å². The molecule has 104 valence electrons. The summed E-state index contributed by atoms with van der Waals surface area (Å²) in [6.45, 7) is 2.92. The Labute approximate surface area is 118 Å². The van der Waals surface area contributed by atoms with Gasteiger partial charge < -0.3 is 4.90 Å². The summed E-state index contributed by atoms with van der Waals surface area (Å²) in [5.41, 5.74) is 0.613. The van der Waals surface area contributed by atoms with Gasteiger partial charge in [-0.05, 0) is 36.8 Å². The molecule has 1 fully saturated rings. The van der Waals surface area contributed by atoms with Crippen LogP contribution in [0, 0.1) is 5.82 Å². The van der Waals surface area contributed by atoms with Gasteiger partial charge in [-0.1, -0.05) is 31.2 Å². The molecule has 0 radical (unpaired) electrons. The molecular weight excluding hydrogens is 253 g/mol. The first-order valence-corrected chi connectivity index (χ1v) is 7.20. The predicted molar refractivity (Wildman–Crippen MR) is 78.3 cm³/mol. The molecule has 0 N–H and O–H groups in total. The van der Waals surface area contributed by atoms with E-state index in [0.717, 1.165) is 25.8 Å². The number of rotatable bonds is 2. The molecule has 1 unspecified atom stereocenters. The van der Waals surface area contributed by atoms with Gasteiger partial charge in [0.05, 0.1) is 0 Å². The summed E-state index contributed by atoms with van der Waals surface area (Å²) >= 11 is 0. The first-order valence-electron chi connectivity index (χ1n) is 7.20. The van der Waals surface area contributed by atoms with E-state index in [9.17, 15) is 9.18 Å². The highest BCUT2D eigenvalue weighted by Crippen LogP contribution is 2.27. The molecule has 0 bridgehead atoms. The number of halogens is 1. The number of carbonyl (C=O) groups excluding carboxylic acids is 1. The topological polar surface area (TPSA) is 20.3 Å². The van der Waals surface area contributed by atoms with Gasteiger partial charge in [0.2, 0.25) is 0 Å². The van der Waals surface area contributed by atoms with Crippen LogP contribution in [0.3, 0.4) is 0 Å². The van der Waals surface area contributed by atoms with Gasteiger partial charge in [-0.25, -0.2) is 4.39 Å². The van der Waals surface area contributed by atoms with Crippen molar-refractivity contribution in [3.8, 4) is 0 Å². The Morgan fingerprint density at radius 2 is 2.00 bits per heavy atom. The van der Waals surface area contributed by atoms with E-state index in [1.165, 1.54) is 6.07 Å². The number of fused-ring (bicyclic) bond motifs is 1. The largest absolute Gasteiger partial charge is 0.336 e. The predicted octanol–water partition coefficient (Wildman–Crippen LogP) is 3.99. The standard InChI is InChI=1S/C17H18FNO/c1-2-12-6-5-11-19(12)17(20)15-9-10-16(18)14-8-4-3-7-13(14)15/h3-4,7-10,12H,2,5-6,11H2,1H3. The lowest BCUT2D eigenvalue weighted by Crippen LogP contribution is -2.35. The van der Waals surface area contributed by atoms with Crippen molar-refractivity contribution in [3.05, 3.63) is 47.8 Å². The van der Waals surface area contributed by atoms with Crippen molar-refractivity contribution < 1.29 is 9.18 Å². The number of likely N-dealkylation sites (tertiary alicyclic amines) is 1. The number of nitrogens with zero attached hydrogens (tertiary/aromatic N) is 1. The fourth-order valence-corrected chi connectivity index (χ4v) is 3.13. The van der Waals surface area contributed by atoms with E-state index in [1.807, 2.05) is 17.0 Å². The van der Waals surface area contributed by atoms with Gasteiger partial charge in [-0.3, -0.25) is 4.79 Å². The van der Waals surface area contributed by atoms with Crippen molar-refractivity contribution in [3.63, 3.8) is 0 Å². The maximum atomic E-state index is 13.8. The number of hydrogen-bond acceptors (Lipinski definition) is 1. The third kappa shape index (κ3) is 2.07. The number of amides is 1. The van der Waals surface area contributed by atoms with Gasteiger partial charge in [-0.2, -0.15) is 0 Å². The Hall–Kier alpha value is -1.90. The van der Waals surface area contributed by atoms with Crippen LogP contribution in [0.25, 0.3) is 10.8 Å². The molecule has 0 aromatic heterocycles. The van der Waals surface area contributed by atoms with E-state index in [-0.39, 0.29) is 11.7 Å². The molecule has 1 amide bonds. The Bertz CT molecular complexity index is 652. The van der Waals surface area contributed by atoms with Crippen LogP contribution in [0.2, 0.25) is 0 Å². The quantitative estimate of drug-likeness (QED) is 0.808. The third-order valence-corrected chi connectivity index (χ3v) is 4.21. The van der Waals surface area contributed by atoms with E-state index < -0.39 is 0 Å². The lowest BCUT2D eigenvalue weighted by Gasteiger charge is -2.24. The third-order valence-electron chi connectivity index (χ3n) is 4.21. The average Bonchev–Trinajstić information content (AvgIpc) is 2.96. The Balaban J connectivity index is 2.06. The van der Waals surface area contributed by atoms with E-state index >= 15 is 0 Å². The summed E-state index contributed by atoms with van der Waals surface area (Å²) in [7, 11) is 0. The number of benzene rings is 2. The fourth-order valence-electron chi connectivity index (χ4n) is 3.13. The van der Waals surface area contributed by atoms with Gasteiger partial charge in [0.15, 0.2) is 0 Å². The van der Waals surface area contributed by atoms with E-state index in [2.05, 4.69) is 6.92 Å². The second-order valence-electron chi connectivity index (χ2n) is 5.34. The van der Waals surface area contributed by atoms with Crippen LogP contribution in [0.4, 0.5) is 4.39 Å². The molecule has 2 aromatic carbocycles. The lowest BCUT2D eigenvalue weighted by atomic mass is 10.0. The van der Waals surface area contributed by atoms with Crippen molar-refractivity contribution in [2.45, 2.75) is 32.2 Å². The maximum Gasteiger partial charge on any atom is 0.254 e. The molecule has 1 atom stereocenters. The van der Waals surface area contributed by atoms with Crippen LogP contribution in [-0.4, -0.2) is 23.4 Å².